The van der Waals surface area contributed by atoms with Crippen LogP contribution in [0.1, 0.15) is 41.7 Å². The van der Waals surface area contributed by atoms with Gasteiger partial charge in [0.15, 0.2) is 0 Å². The van der Waals surface area contributed by atoms with Crippen molar-refractivity contribution in [3.63, 3.8) is 0 Å². The Labute approximate surface area is 183 Å². The normalized spacial score (nSPS) is 17.5. The molecule has 2 fully saturated rings. The molecule has 31 heavy (non-hydrogen) atoms. The van der Waals surface area contributed by atoms with Crippen LogP contribution in [0.3, 0.4) is 0 Å². The maximum atomic E-state index is 13.8. The summed E-state index contributed by atoms with van der Waals surface area (Å²) in [6.07, 6.45) is 4.36. The zero-order valence-corrected chi connectivity index (χ0v) is 17.8. The molecule has 2 aliphatic heterocycles. The minimum atomic E-state index is -0.468. The van der Waals surface area contributed by atoms with E-state index in [1.165, 1.54) is 17.4 Å². The van der Waals surface area contributed by atoms with Gasteiger partial charge in [0.2, 0.25) is 0 Å². The van der Waals surface area contributed by atoms with Gasteiger partial charge < -0.3 is 15.1 Å². The van der Waals surface area contributed by atoms with Crippen LogP contribution in [0, 0.1) is 11.6 Å². The standard InChI is InChI=1S/C22H24F2N4O2S/c23-17-1-2-19(24)16(12-17)11-15-3-7-28(8-4-15)22(30)26-18-5-9-27(10-6-18)21(29)20-13-31-14-25-20/h1-2,11-14,18H,3-10H2,(H,26,30). The van der Waals surface area contributed by atoms with Gasteiger partial charge in [-0.3, -0.25) is 4.79 Å². The molecule has 1 N–H and O–H groups in total. The van der Waals surface area contributed by atoms with Crippen molar-refractivity contribution < 1.29 is 18.4 Å². The highest BCUT2D eigenvalue weighted by Crippen LogP contribution is 2.22. The minimum absolute atomic E-state index is 0.0327. The van der Waals surface area contributed by atoms with Gasteiger partial charge in [0.1, 0.15) is 17.3 Å². The van der Waals surface area contributed by atoms with Crippen LogP contribution < -0.4 is 5.32 Å². The fourth-order valence-corrected chi connectivity index (χ4v) is 4.49. The van der Waals surface area contributed by atoms with Gasteiger partial charge in [-0.1, -0.05) is 11.6 Å². The number of halogens is 2. The maximum absolute atomic E-state index is 13.8. The molecule has 9 heteroatoms. The Morgan fingerprint density at radius 1 is 1.10 bits per heavy atom. The van der Waals surface area contributed by atoms with Gasteiger partial charge in [0, 0.05) is 43.2 Å². The molecule has 164 valence electrons. The van der Waals surface area contributed by atoms with Crippen molar-refractivity contribution in [2.75, 3.05) is 26.2 Å². The smallest absolute Gasteiger partial charge is 0.317 e. The number of carbonyl (C=O) groups is 2. The van der Waals surface area contributed by atoms with Crippen molar-refractivity contribution in [3.05, 3.63) is 57.6 Å². The van der Waals surface area contributed by atoms with E-state index in [-0.39, 0.29) is 23.5 Å². The Kier molecular flexibility index (Phi) is 6.60. The molecule has 3 heterocycles. The van der Waals surface area contributed by atoms with Crippen molar-refractivity contribution in [2.24, 2.45) is 0 Å². The molecule has 0 bridgehead atoms. The van der Waals surface area contributed by atoms with Gasteiger partial charge in [0.25, 0.3) is 5.91 Å². The summed E-state index contributed by atoms with van der Waals surface area (Å²) in [5, 5.41) is 4.82. The minimum Gasteiger partial charge on any atom is -0.337 e. The first-order valence-corrected chi connectivity index (χ1v) is 11.3. The molecule has 2 aliphatic rings. The van der Waals surface area contributed by atoms with Gasteiger partial charge in [-0.25, -0.2) is 18.6 Å². The fraction of sp³-hybridized carbons (Fsp3) is 0.409. The highest BCUT2D eigenvalue weighted by Gasteiger charge is 2.27. The van der Waals surface area contributed by atoms with Crippen LogP contribution in [0.15, 0.2) is 34.7 Å². The Bertz CT molecular complexity index is 962. The molecule has 0 saturated carbocycles. The summed E-state index contributed by atoms with van der Waals surface area (Å²) in [4.78, 5) is 32.6. The van der Waals surface area contributed by atoms with Crippen LogP contribution in [0.25, 0.3) is 6.08 Å². The third-order valence-corrected chi connectivity index (χ3v) is 6.36. The fourth-order valence-electron chi connectivity index (χ4n) is 3.96. The molecule has 4 rings (SSSR count). The number of piperidine rings is 2. The first-order chi connectivity index (χ1) is 15.0. The van der Waals surface area contributed by atoms with E-state index in [9.17, 15) is 18.4 Å². The SMILES string of the molecule is O=C(NC1CCN(C(=O)c2cscn2)CC1)N1CCC(=Cc2cc(F)ccc2F)CC1. The number of thiazole rings is 1. The predicted octanol–water partition coefficient (Wildman–Crippen LogP) is 3.91. The van der Waals surface area contributed by atoms with Crippen molar-refractivity contribution in [1.82, 2.24) is 20.1 Å². The van der Waals surface area contributed by atoms with Gasteiger partial charge in [-0.15, -0.1) is 11.3 Å². The van der Waals surface area contributed by atoms with E-state index in [0.29, 0.717) is 57.6 Å². The predicted molar refractivity (Wildman–Crippen MR) is 115 cm³/mol. The molecular formula is C22H24F2N4O2S. The molecule has 2 aromatic rings. The first kappa shape index (κ1) is 21.4. The highest BCUT2D eigenvalue weighted by molar-refractivity contribution is 7.07. The zero-order valence-electron chi connectivity index (χ0n) is 17.0. The number of likely N-dealkylation sites (tertiary alicyclic amines) is 2. The number of hydrogen-bond donors (Lipinski definition) is 1. The Morgan fingerprint density at radius 2 is 1.84 bits per heavy atom. The largest absolute Gasteiger partial charge is 0.337 e. The molecule has 1 aromatic heterocycles. The van der Waals surface area contributed by atoms with E-state index >= 15 is 0 Å². The zero-order chi connectivity index (χ0) is 21.8. The number of nitrogens with one attached hydrogen (secondary N) is 1. The van der Waals surface area contributed by atoms with Crippen LogP contribution in [-0.2, 0) is 0 Å². The molecule has 3 amide bonds. The second-order valence-electron chi connectivity index (χ2n) is 7.85. The van der Waals surface area contributed by atoms with Crippen LogP contribution in [-0.4, -0.2) is 58.9 Å². The summed E-state index contributed by atoms with van der Waals surface area (Å²) in [7, 11) is 0. The monoisotopic (exact) mass is 446 g/mol. The number of rotatable bonds is 3. The summed E-state index contributed by atoms with van der Waals surface area (Å²) >= 11 is 1.40. The summed E-state index contributed by atoms with van der Waals surface area (Å²) < 4.78 is 27.2. The van der Waals surface area contributed by atoms with Crippen LogP contribution in [0.4, 0.5) is 13.6 Å². The van der Waals surface area contributed by atoms with Crippen LogP contribution >= 0.6 is 11.3 Å². The number of urea groups is 1. The average molecular weight is 447 g/mol. The Morgan fingerprint density at radius 3 is 2.52 bits per heavy atom. The maximum Gasteiger partial charge on any atom is 0.317 e. The lowest BCUT2D eigenvalue weighted by atomic mass is 10.0. The van der Waals surface area contributed by atoms with Crippen molar-refractivity contribution >= 4 is 29.4 Å². The molecule has 0 radical (unpaired) electrons. The summed E-state index contributed by atoms with van der Waals surface area (Å²) in [6, 6.07) is 3.34. The summed E-state index contributed by atoms with van der Waals surface area (Å²) in [6.45, 7) is 2.26. The van der Waals surface area contributed by atoms with Gasteiger partial charge in [-0.2, -0.15) is 0 Å². The first-order valence-electron chi connectivity index (χ1n) is 10.4. The second-order valence-corrected chi connectivity index (χ2v) is 8.56. The number of aromatic nitrogens is 1. The number of hydrogen-bond acceptors (Lipinski definition) is 4. The lowest BCUT2D eigenvalue weighted by Gasteiger charge is -2.34. The number of benzene rings is 1. The number of carbonyl (C=O) groups excluding carboxylic acids is 2. The van der Waals surface area contributed by atoms with E-state index in [4.69, 9.17) is 0 Å². The van der Waals surface area contributed by atoms with Gasteiger partial charge in [-0.05, 0) is 43.9 Å². The Hall–Kier alpha value is -2.81. The van der Waals surface area contributed by atoms with Crippen LogP contribution in [0.2, 0.25) is 0 Å². The van der Waals surface area contributed by atoms with Gasteiger partial charge >= 0.3 is 6.03 Å². The Balaban J connectivity index is 1.24. The lowest BCUT2D eigenvalue weighted by Crippen LogP contribution is -2.51. The number of amides is 3. The van der Waals surface area contributed by atoms with E-state index in [0.717, 1.165) is 17.7 Å². The van der Waals surface area contributed by atoms with E-state index in [2.05, 4.69) is 10.3 Å². The molecule has 0 atom stereocenters. The quantitative estimate of drug-likeness (QED) is 0.777. The summed E-state index contributed by atoms with van der Waals surface area (Å²) in [5.41, 5.74) is 3.37. The molecule has 0 unspecified atom stereocenters. The molecule has 0 spiro atoms. The number of nitrogens with zero attached hydrogens (tertiary/aromatic N) is 3. The molecule has 1 aromatic carbocycles. The molecular weight excluding hydrogens is 422 g/mol. The van der Waals surface area contributed by atoms with Crippen molar-refractivity contribution in [3.8, 4) is 0 Å². The van der Waals surface area contributed by atoms with Gasteiger partial charge in [0.05, 0.1) is 5.51 Å². The lowest BCUT2D eigenvalue weighted by molar-refractivity contribution is 0.0701. The van der Waals surface area contributed by atoms with E-state index in [1.54, 1.807) is 26.8 Å². The van der Waals surface area contributed by atoms with E-state index < -0.39 is 11.6 Å². The van der Waals surface area contributed by atoms with Crippen molar-refractivity contribution in [1.29, 1.82) is 0 Å². The highest BCUT2D eigenvalue weighted by atomic mass is 32.1. The van der Waals surface area contributed by atoms with Crippen molar-refractivity contribution in [2.45, 2.75) is 31.7 Å². The third-order valence-electron chi connectivity index (χ3n) is 5.77. The van der Waals surface area contributed by atoms with Crippen LogP contribution in [0.5, 0.6) is 0 Å². The second kappa shape index (κ2) is 9.55. The molecule has 2 saturated heterocycles. The molecule has 6 nitrogen and oxygen atoms in total. The average Bonchev–Trinajstić information content (AvgIpc) is 3.32. The summed E-state index contributed by atoms with van der Waals surface area (Å²) in [5.74, 6) is -0.978. The topological polar surface area (TPSA) is 65.5 Å². The molecule has 0 aliphatic carbocycles. The third kappa shape index (κ3) is 5.28. The van der Waals surface area contributed by atoms with E-state index in [1.807, 2.05) is 0 Å².